The highest BCUT2D eigenvalue weighted by Gasteiger charge is 2.29. The molecule has 0 amide bonds. The molecule has 1 atom stereocenters. The topological polar surface area (TPSA) is 12.0 Å². The number of benzene rings is 3. The van der Waals surface area contributed by atoms with Crippen molar-refractivity contribution >= 4 is 0 Å². The van der Waals surface area contributed by atoms with Crippen LogP contribution in [0.15, 0.2) is 85.1 Å². The molecule has 0 aliphatic carbocycles. The third-order valence-corrected chi connectivity index (χ3v) is 8.51. The molecule has 0 heterocycles. The Morgan fingerprint density at radius 3 is 1.51 bits per heavy atom. The van der Waals surface area contributed by atoms with Crippen molar-refractivity contribution in [2.75, 3.05) is 6.54 Å². The van der Waals surface area contributed by atoms with E-state index in [4.69, 9.17) is 0 Å². The summed E-state index contributed by atoms with van der Waals surface area (Å²) in [6.45, 7) is 41.7. The van der Waals surface area contributed by atoms with Gasteiger partial charge in [0.25, 0.3) is 0 Å². The lowest BCUT2D eigenvalue weighted by Crippen LogP contribution is -2.27. The van der Waals surface area contributed by atoms with E-state index in [-0.39, 0.29) is 5.41 Å². The van der Waals surface area contributed by atoms with E-state index in [0.717, 1.165) is 24.6 Å². The molecule has 45 heavy (non-hydrogen) atoms. The molecule has 3 aromatic rings. The number of rotatable bonds is 8. The number of hydrogen-bond acceptors (Lipinski definition) is 1. The SMILES string of the molecule is C=C(C)NCC(C)(C)CC.CC.CC.CC(C)C(C)(C)C.Cc1ccc(C(C)(Cc2ccccc2)c2cc(C)cc(C)c2)cc1. The summed E-state index contributed by atoms with van der Waals surface area (Å²) in [4.78, 5) is 0. The second-order valence-corrected chi connectivity index (χ2v) is 14.4. The first-order valence-electron chi connectivity index (χ1n) is 17.5. The van der Waals surface area contributed by atoms with Crippen LogP contribution in [0.1, 0.15) is 137 Å². The van der Waals surface area contributed by atoms with E-state index < -0.39 is 0 Å². The molecule has 1 unspecified atom stereocenters. The Bertz CT molecular complexity index is 1160. The van der Waals surface area contributed by atoms with E-state index in [1.165, 1.54) is 39.8 Å². The molecule has 0 saturated carbocycles. The molecule has 0 aliphatic heterocycles. The summed E-state index contributed by atoms with van der Waals surface area (Å²) in [5, 5.41) is 3.24. The zero-order valence-corrected chi connectivity index (χ0v) is 32.8. The smallest absolute Gasteiger partial charge is 0.0215 e. The Morgan fingerprint density at radius 1 is 0.689 bits per heavy atom. The first kappa shape index (κ1) is 44.3. The van der Waals surface area contributed by atoms with Gasteiger partial charge in [0.2, 0.25) is 0 Å². The summed E-state index contributed by atoms with van der Waals surface area (Å²) >= 11 is 0. The summed E-state index contributed by atoms with van der Waals surface area (Å²) in [6, 6.07) is 26.8. The van der Waals surface area contributed by atoms with Crippen molar-refractivity contribution in [1.29, 1.82) is 0 Å². The monoisotopic (exact) mass is 616 g/mol. The van der Waals surface area contributed by atoms with Gasteiger partial charge in [-0.05, 0) is 74.0 Å². The van der Waals surface area contributed by atoms with E-state index in [1.807, 2.05) is 34.6 Å². The maximum atomic E-state index is 3.78. The largest absolute Gasteiger partial charge is 0.389 e. The van der Waals surface area contributed by atoms with Gasteiger partial charge in [0.15, 0.2) is 0 Å². The highest BCUT2D eigenvalue weighted by molar-refractivity contribution is 5.44. The summed E-state index contributed by atoms with van der Waals surface area (Å²) < 4.78 is 0. The molecule has 254 valence electrons. The highest BCUT2D eigenvalue weighted by atomic mass is 14.9. The maximum Gasteiger partial charge on any atom is 0.0215 e. The summed E-state index contributed by atoms with van der Waals surface area (Å²) in [5.41, 5.74) is 10.0. The van der Waals surface area contributed by atoms with E-state index in [2.05, 4.69) is 168 Å². The van der Waals surface area contributed by atoms with Crippen LogP contribution in [0.5, 0.6) is 0 Å². The number of allylic oxidation sites excluding steroid dienone is 1. The van der Waals surface area contributed by atoms with Crippen molar-refractivity contribution in [3.8, 4) is 0 Å². The van der Waals surface area contributed by atoms with Gasteiger partial charge in [0.05, 0.1) is 0 Å². The Kier molecular flexibility index (Phi) is 21.5. The molecule has 1 nitrogen and oxygen atoms in total. The van der Waals surface area contributed by atoms with Crippen molar-refractivity contribution < 1.29 is 0 Å². The minimum atomic E-state index is -0.0359. The molecule has 0 saturated heterocycles. The molecule has 0 spiro atoms. The van der Waals surface area contributed by atoms with Crippen molar-refractivity contribution in [2.24, 2.45) is 16.7 Å². The fourth-order valence-corrected chi connectivity index (χ4v) is 4.10. The lowest BCUT2D eigenvalue weighted by Gasteiger charge is -2.32. The Morgan fingerprint density at radius 2 is 1.13 bits per heavy atom. The van der Waals surface area contributed by atoms with Crippen LogP contribution < -0.4 is 5.32 Å². The first-order valence-corrected chi connectivity index (χ1v) is 17.5. The molecule has 0 aromatic heterocycles. The summed E-state index contributed by atoms with van der Waals surface area (Å²) in [6.07, 6.45) is 2.20. The van der Waals surface area contributed by atoms with Crippen LogP contribution in [0.4, 0.5) is 0 Å². The average molecular weight is 616 g/mol. The fourth-order valence-electron chi connectivity index (χ4n) is 4.10. The molecule has 3 aromatic carbocycles. The van der Waals surface area contributed by atoms with Crippen molar-refractivity contribution in [2.45, 2.75) is 136 Å². The predicted molar refractivity (Wildman–Crippen MR) is 208 cm³/mol. The van der Waals surface area contributed by atoms with Gasteiger partial charge in [-0.1, -0.05) is 186 Å². The zero-order valence-electron chi connectivity index (χ0n) is 32.8. The Hall–Kier alpha value is -2.80. The number of aryl methyl sites for hydroxylation is 3. The predicted octanol–water partition coefficient (Wildman–Crippen LogP) is 13.4. The Balaban J connectivity index is 0. The van der Waals surface area contributed by atoms with Gasteiger partial charge in [-0.15, -0.1) is 0 Å². The van der Waals surface area contributed by atoms with Gasteiger partial charge in [-0.3, -0.25) is 0 Å². The molecule has 0 aliphatic rings. The van der Waals surface area contributed by atoms with Crippen LogP contribution >= 0.6 is 0 Å². The summed E-state index contributed by atoms with van der Waals surface area (Å²) in [7, 11) is 0. The van der Waals surface area contributed by atoms with Crippen molar-refractivity contribution in [1.82, 2.24) is 5.32 Å². The van der Waals surface area contributed by atoms with Crippen LogP contribution in [-0.4, -0.2) is 6.54 Å². The van der Waals surface area contributed by atoms with E-state index in [1.54, 1.807) is 0 Å². The lowest BCUT2D eigenvalue weighted by molar-refractivity contribution is 0.283. The fraction of sp³-hybridized carbons (Fsp3) is 0.545. The van der Waals surface area contributed by atoms with Crippen LogP contribution in [0.3, 0.4) is 0 Å². The van der Waals surface area contributed by atoms with Gasteiger partial charge < -0.3 is 5.32 Å². The van der Waals surface area contributed by atoms with Gasteiger partial charge in [0, 0.05) is 17.7 Å². The molecule has 3 rings (SSSR count). The van der Waals surface area contributed by atoms with Crippen LogP contribution in [0.2, 0.25) is 0 Å². The standard InChI is InChI=1S/C24H26.C9H19N.C7H16.2C2H6/c1-18-10-12-22(13-11-18)24(4,17-21-8-6-5-7-9-21)23-15-19(2)14-20(3)16-23;1-6-9(4,5)7-10-8(2)3;1-6(2)7(3,4)5;2*1-2/h5-16H,17H2,1-4H3;10H,2,6-7H2,1,3-5H3;6H,1-5H3;2*1-2H3. The van der Waals surface area contributed by atoms with E-state index in [0.29, 0.717) is 10.8 Å². The highest BCUT2D eigenvalue weighted by Crippen LogP contribution is 2.36. The van der Waals surface area contributed by atoms with Gasteiger partial charge in [-0.25, -0.2) is 0 Å². The molecular weight excluding hydrogens is 542 g/mol. The van der Waals surface area contributed by atoms with Gasteiger partial charge >= 0.3 is 0 Å². The molecule has 0 fully saturated rings. The Labute approximate surface area is 282 Å². The van der Waals surface area contributed by atoms with Crippen LogP contribution in [-0.2, 0) is 11.8 Å². The first-order chi connectivity index (χ1) is 20.9. The normalized spacial score (nSPS) is 12.0. The van der Waals surface area contributed by atoms with Crippen LogP contribution in [0, 0.1) is 37.5 Å². The maximum absolute atomic E-state index is 3.78. The molecule has 1 N–H and O–H groups in total. The third-order valence-electron chi connectivity index (χ3n) is 8.51. The van der Waals surface area contributed by atoms with E-state index in [9.17, 15) is 0 Å². The lowest BCUT2D eigenvalue weighted by atomic mass is 9.71. The van der Waals surface area contributed by atoms with Crippen molar-refractivity contribution in [3.63, 3.8) is 0 Å². The van der Waals surface area contributed by atoms with Crippen molar-refractivity contribution in [3.05, 3.63) is 118 Å². The number of hydrogen-bond donors (Lipinski definition) is 1. The second-order valence-electron chi connectivity index (χ2n) is 14.4. The minimum absolute atomic E-state index is 0.0359. The third kappa shape index (κ3) is 18.1. The quantitative estimate of drug-likeness (QED) is 0.266. The van der Waals surface area contributed by atoms with Crippen LogP contribution in [0.25, 0.3) is 0 Å². The molecule has 0 bridgehead atoms. The molecule has 1 heteroatoms. The molecule has 0 radical (unpaired) electrons. The second kappa shape index (κ2) is 21.9. The van der Waals surface area contributed by atoms with E-state index >= 15 is 0 Å². The van der Waals surface area contributed by atoms with Gasteiger partial charge in [0.1, 0.15) is 0 Å². The summed E-state index contributed by atoms with van der Waals surface area (Å²) in [5.74, 6) is 0.799. The molecular formula is C44H73N. The number of nitrogens with one attached hydrogen (secondary N) is 1. The van der Waals surface area contributed by atoms with Gasteiger partial charge in [-0.2, -0.15) is 0 Å². The minimum Gasteiger partial charge on any atom is -0.389 e. The zero-order chi connectivity index (χ0) is 35.4. The average Bonchev–Trinajstić information content (AvgIpc) is 2.99.